The summed E-state index contributed by atoms with van der Waals surface area (Å²) in [5.41, 5.74) is 1.38. The lowest BCUT2D eigenvalue weighted by atomic mass is 10.1. The largest absolute Gasteiger partial charge is 0.336 e. The molecule has 1 aromatic rings. The van der Waals surface area contributed by atoms with Crippen molar-refractivity contribution in [3.8, 4) is 0 Å². The second kappa shape index (κ2) is 6.14. The molecular formula is C15H20BrN3O. The second-order valence-corrected chi connectivity index (χ2v) is 6.38. The Balaban J connectivity index is 1.46. The van der Waals surface area contributed by atoms with Crippen molar-refractivity contribution in [2.24, 2.45) is 0 Å². The second-order valence-electron chi connectivity index (χ2n) is 5.53. The third-order valence-corrected chi connectivity index (χ3v) is 4.97. The molecule has 0 aromatic heterocycles. The molecule has 0 bridgehead atoms. The monoisotopic (exact) mass is 337 g/mol. The molecule has 1 atom stereocenters. The van der Waals surface area contributed by atoms with Crippen LogP contribution in [-0.4, -0.2) is 54.6 Å². The Morgan fingerprint density at radius 2 is 2.15 bits per heavy atom. The van der Waals surface area contributed by atoms with E-state index in [0.29, 0.717) is 6.04 Å². The molecule has 2 fully saturated rings. The molecule has 2 heterocycles. The first-order valence-corrected chi connectivity index (χ1v) is 8.03. The molecule has 108 valence electrons. The van der Waals surface area contributed by atoms with E-state index in [0.717, 1.165) is 45.6 Å². The minimum atomic E-state index is 0.114. The molecule has 1 N–H and O–H groups in total. The fourth-order valence-corrected chi connectivity index (χ4v) is 3.55. The summed E-state index contributed by atoms with van der Waals surface area (Å²) in [7, 11) is 0. The Morgan fingerprint density at radius 3 is 3.00 bits per heavy atom. The Hall–Kier alpha value is -1.07. The van der Waals surface area contributed by atoms with Crippen LogP contribution in [0.15, 0.2) is 28.7 Å². The van der Waals surface area contributed by atoms with E-state index in [-0.39, 0.29) is 6.03 Å². The molecule has 3 rings (SSSR count). The smallest absolute Gasteiger partial charge is 0.317 e. The zero-order valence-corrected chi connectivity index (χ0v) is 13.1. The van der Waals surface area contributed by atoms with E-state index in [9.17, 15) is 4.79 Å². The first kappa shape index (κ1) is 13.9. The SMILES string of the molecule is O=C1NC[C@H]2CN(CCCc3ccccc3Br)CCN12. The van der Waals surface area contributed by atoms with E-state index in [1.165, 1.54) is 10.0 Å². The van der Waals surface area contributed by atoms with E-state index >= 15 is 0 Å². The number of nitrogens with zero attached hydrogens (tertiary/aromatic N) is 2. The number of amides is 2. The van der Waals surface area contributed by atoms with Crippen molar-refractivity contribution in [2.75, 3.05) is 32.7 Å². The number of rotatable bonds is 4. The van der Waals surface area contributed by atoms with Crippen LogP contribution >= 0.6 is 15.9 Å². The van der Waals surface area contributed by atoms with Crippen molar-refractivity contribution >= 4 is 22.0 Å². The van der Waals surface area contributed by atoms with Crippen molar-refractivity contribution in [1.29, 1.82) is 0 Å². The van der Waals surface area contributed by atoms with E-state index in [2.05, 4.69) is 50.4 Å². The quantitative estimate of drug-likeness (QED) is 0.913. The lowest BCUT2D eigenvalue weighted by molar-refractivity contribution is 0.120. The number of aryl methyl sites for hydroxylation is 1. The van der Waals surface area contributed by atoms with Crippen LogP contribution in [0.25, 0.3) is 0 Å². The molecule has 2 saturated heterocycles. The third-order valence-electron chi connectivity index (χ3n) is 4.19. The molecular weight excluding hydrogens is 318 g/mol. The maximum atomic E-state index is 11.5. The van der Waals surface area contributed by atoms with E-state index in [1.54, 1.807) is 0 Å². The molecule has 20 heavy (non-hydrogen) atoms. The van der Waals surface area contributed by atoms with Crippen molar-refractivity contribution in [1.82, 2.24) is 15.1 Å². The van der Waals surface area contributed by atoms with Crippen LogP contribution in [0.4, 0.5) is 4.79 Å². The van der Waals surface area contributed by atoms with Gasteiger partial charge in [-0.05, 0) is 31.0 Å². The number of halogens is 1. The standard InChI is InChI=1S/C15H20BrN3O/c16-14-6-2-1-4-12(14)5-3-7-18-8-9-19-13(11-18)10-17-15(19)20/h1-2,4,6,13H,3,5,7-11H2,(H,17,20)/t13-/m0/s1. The van der Waals surface area contributed by atoms with Gasteiger partial charge in [0.15, 0.2) is 0 Å². The van der Waals surface area contributed by atoms with Gasteiger partial charge in [0.2, 0.25) is 0 Å². The summed E-state index contributed by atoms with van der Waals surface area (Å²) in [6, 6.07) is 8.92. The number of benzene rings is 1. The van der Waals surface area contributed by atoms with Gasteiger partial charge in [0.25, 0.3) is 0 Å². The number of hydrogen-bond donors (Lipinski definition) is 1. The number of urea groups is 1. The number of piperazine rings is 1. The lowest BCUT2D eigenvalue weighted by Crippen LogP contribution is -2.52. The molecule has 0 aliphatic carbocycles. The first-order chi connectivity index (χ1) is 9.74. The summed E-state index contributed by atoms with van der Waals surface area (Å²) >= 11 is 3.60. The number of fused-ring (bicyclic) bond motifs is 1. The summed E-state index contributed by atoms with van der Waals surface area (Å²) < 4.78 is 1.20. The van der Waals surface area contributed by atoms with E-state index in [1.807, 2.05) is 4.90 Å². The maximum Gasteiger partial charge on any atom is 0.317 e. The normalized spacial score (nSPS) is 22.8. The lowest BCUT2D eigenvalue weighted by Gasteiger charge is -2.36. The zero-order valence-electron chi connectivity index (χ0n) is 11.5. The van der Waals surface area contributed by atoms with Crippen LogP contribution < -0.4 is 5.32 Å². The highest BCUT2D eigenvalue weighted by Crippen LogP contribution is 2.18. The molecule has 0 spiro atoms. The molecule has 1 aromatic carbocycles. The average molecular weight is 338 g/mol. The van der Waals surface area contributed by atoms with Crippen molar-refractivity contribution in [2.45, 2.75) is 18.9 Å². The van der Waals surface area contributed by atoms with Crippen LogP contribution in [0.5, 0.6) is 0 Å². The minimum Gasteiger partial charge on any atom is -0.336 e. The van der Waals surface area contributed by atoms with Gasteiger partial charge >= 0.3 is 6.03 Å². The van der Waals surface area contributed by atoms with Crippen LogP contribution in [0.3, 0.4) is 0 Å². The topological polar surface area (TPSA) is 35.6 Å². The van der Waals surface area contributed by atoms with Gasteiger partial charge in [-0.25, -0.2) is 4.79 Å². The summed E-state index contributed by atoms with van der Waals surface area (Å²) in [4.78, 5) is 16.0. The van der Waals surface area contributed by atoms with Crippen molar-refractivity contribution in [3.63, 3.8) is 0 Å². The van der Waals surface area contributed by atoms with Crippen molar-refractivity contribution < 1.29 is 4.79 Å². The predicted octanol–water partition coefficient (Wildman–Crippen LogP) is 2.09. The minimum absolute atomic E-state index is 0.114. The van der Waals surface area contributed by atoms with Gasteiger partial charge in [-0.1, -0.05) is 34.1 Å². The highest BCUT2D eigenvalue weighted by Gasteiger charge is 2.34. The van der Waals surface area contributed by atoms with Crippen molar-refractivity contribution in [3.05, 3.63) is 34.3 Å². The van der Waals surface area contributed by atoms with Crippen LogP contribution in [-0.2, 0) is 6.42 Å². The number of nitrogens with one attached hydrogen (secondary N) is 1. The molecule has 2 amide bonds. The fourth-order valence-electron chi connectivity index (χ4n) is 3.07. The van der Waals surface area contributed by atoms with Gasteiger partial charge in [0, 0.05) is 30.7 Å². The van der Waals surface area contributed by atoms with E-state index < -0.39 is 0 Å². The van der Waals surface area contributed by atoms with E-state index in [4.69, 9.17) is 0 Å². The number of carbonyl (C=O) groups is 1. The first-order valence-electron chi connectivity index (χ1n) is 7.24. The van der Waals surface area contributed by atoms with Crippen LogP contribution in [0.2, 0.25) is 0 Å². The van der Waals surface area contributed by atoms with Crippen LogP contribution in [0.1, 0.15) is 12.0 Å². The maximum absolute atomic E-state index is 11.5. The zero-order chi connectivity index (χ0) is 13.9. The van der Waals surface area contributed by atoms with Gasteiger partial charge in [-0.3, -0.25) is 4.90 Å². The van der Waals surface area contributed by atoms with Crippen LogP contribution in [0, 0.1) is 0 Å². The molecule has 2 aliphatic heterocycles. The highest BCUT2D eigenvalue weighted by atomic mass is 79.9. The Morgan fingerprint density at radius 1 is 1.30 bits per heavy atom. The van der Waals surface area contributed by atoms with Gasteiger partial charge < -0.3 is 10.2 Å². The Kier molecular flexibility index (Phi) is 4.27. The molecule has 4 nitrogen and oxygen atoms in total. The molecule has 0 unspecified atom stereocenters. The fraction of sp³-hybridized carbons (Fsp3) is 0.533. The summed E-state index contributed by atoms with van der Waals surface area (Å²) in [6.07, 6.45) is 2.26. The average Bonchev–Trinajstić information content (AvgIpc) is 2.82. The highest BCUT2D eigenvalue weighted by molar-refractivity contribution is 9.10. The number of carbonyl (C=O) groups excluding carboxylic acids is 1. The predicted molar refractivity (Wildman–Crippen MR) is 82.8 cm³/mol. The van der Waals surface area contributed by atoms with Gasteiger partial charge in [-0.2, -0.15) is 0 Å². The summed E-state index contributed by atoms with van der Waals surface area (Å²) in [5.74, 6) is 0. The Labute approximate surface area is 128 Å². The number of hydrogen-bond acceptors (Lipinski definition) is 2. The van der Waals surface area contributed by atoms with Gasteiger partial charge in [0.1, 0.15) is 0 Å². The molecule has 5 heteroatoms. The van der Waals surface area contributed by atoms with Gasteiger partial charge in [-0.15, -0.1) is 0 Å². The summed E-state index contributed by atoms with van der Waals surface area (Å²) in [6.45, 7) is 4.79. The van der Waals surface area contributed by atoms with Gasteiger partial charge in [0.05, 0.1) is 6.04 Å². The summed E-state index contributed by atoms with van der Waals surface area (Å²) in [5, 5.41) is 2.93. The Bertz CT molecular complexity index is 494. The third kappa shape index (κ3) is 2.99. The molecule has 0 radical (unpaired) electrons. The molecule has 0 saturated carbocycles. The molecule has 2 aliphatic rings.